The average Bonchev–Trinajstić information content (AvgIpc) is 2.93. The van der Waals surface area contributed by atoms with E-state index in [0.717, 1.165) is 22.3 Å². The summed E-state index contributed by atoms with van der Waals surface area (Å²) in [6, 6.07) is 5.15. The molecule has 8 heteroatoms. The fourth-order valence-electron chi connectivity index (χ4n) is 2.06. The molecule has 0 radical (unpaired) electrons. The number of rotatable bonds is 6. The summed E-state index contributed by atoms with van der Waals surface area (Å²) in [5.74, 6) is 1.33. The predicted octanol–water partition coefficient (Wildman–Crippen LogP) is 2.01. The van der Waals surface area contributed by atoms with E-state index >= 15 is 0 Å². The van der Waals surface area contributed by atoms with Crippen LogP contribution >= 0.6 is 15.9 Å². The molecule has 0 saturated carbocycles. The summed E-state index contributed by atoms with van der Waals surface area (Å²) in [6.45, 7) is 1.24. The van der Waals surface area contributed by atoms with Gasteiger partial charge in [-0.2, -0.15) is 0 Å². The van der Waals surface area contributed by atoms with Gasteiger partial charge in [0.25, 0.3) is 0 Å². The molecule has 2 aromatic rings. The van der Waals surface area contributed by atoms with Crippen molar-refractivity contribution in [2.45, 2.75) is 19.4 Å². The van der Waals surface area contributed by atoms with E-state index in [1.165, 1.54) is 6.07 Å². The highest BCUT2D eigenvalue weighted by atomic mass is 79.9. The van der Waals surface area contributed by atoms with Gasteiger partial charge in [-0.25, -0.2) is 4.39 Å². The maximum Gasteiger partial charge on any atom is 0.191 e. The number of benzene rings is 1. The molecule has 6 nitrogen and oxygen atoms in total. The van der Waals surface area contributed by atoms with Gasteiger partial charge in [0.1, 0.15) is 12.1 Å². The van der Waals surface area contributed by atoms with E-state index in [0.29, 0.717) is 25.5 Å². The second kappa shape index (κ2) is 8.61. The van der Waals surface area contributed by atoms with Crippen molar-refractivity contribution in [2.24, 2.45) is 12.0 Å². The molecular weight excluding hydrogens is 363 g/mol. The minimum Gasteiger partial charge on any atom is -0.356 e. The molecule has 2 N–H and O–H groups in total. The molecule has 124 valence electrons. The Kier molecular flexibility index (Phi) is 6.52. The summed E-state index contributed by atoms with van der Waals surface area (Å²) >= 11 is 3.26. The van der Waals surface area contributed by atoms with Gasteiger partial charge in [-0.05, 0) is 30.5 Å². The Morgan fingerprint density at radius 2 is 2.22 bits per heavy atom. The van der Waals surface area contributed by atoms with Gasteiger partial charge in [0.05, 0.1) is 6.54 Å². The van der Waals surface area contributed by atoms with Crippen molar-refractivity contribution in [1.82, 2.24) is 25.4 Å². The Morgan fingerprint density at radius 3 is 2.87 bits per heavy atom. The lowest BCUT2D eigenvalue weighted by Crippen LogP contribution is -2.37. The zero-order valence-electron chi connectivity index (χ0n) is 13.2. The molecule has 0 aliphatic carbocycles. The van der Waals surface area contributed by atoms with Gasteiger partial charge in [0.2, 0.25) is 0 Å². The first-order valence-electron chi connectivity index (χ1n) is 7.31. The van der Waals surface area contributed by atoms with Crippen LogP contribution in [0.25, 0.3) is 0 Å². The first-order chi connectivity index (χ1) is 11.1. The van der Waals surface area contributed by atoms with Gasteiger partial charge >= 0.3 is 0 Å². The van der Waals surface area contributed by atoms with Crippen LogP contribution < -0.4 is 10.6 Å². The lowest BCUT2D eigenvalue weighted by molar-refractivity contribution is 0.601. The van der Waals surface area contributed by atoms with E-state index in [2.05, 4.69) is 41.8 Å². The SMILES string of the molecule is CN=C(NCCCc1ccc(Br)cc1F)NCc1nncn1C. The molecule has 1 aromatic heterocycles. The Hall–Kier alpha value is -1.96. The summed E-state index contributed by atoms with van der Waals surface area (Å²) < 4.78 is 16.3. The highest BCUT2D eigenvalue weighted by molar-refractivity contribution is 9.10. The second-order valence-electron chi connectivity index (χ2n) is 5.05. The highest BCUT2D eigenvalue weighted by Gasteiger charge is 2.04. The molecule has 1 aromatic carbocycles. The number of aryl methyl sites for hydroxylation is 2. The van der Waals surface area contributed by atoms with Crippen LogP contribution in [0.5, 0.6) is 0 Å². The van der Waals surface area contributed by atoms with Crippen molar-refractivity contribution >= 4 is 21.9 Å². The van der Waals surface area contributed by atoms with Gasteiger partial charge in [0, 0.05) is 25.1 Å². The summed E-state index contributed by atoms with van der Waals surface area (Å²) in [5, 5.41) is 14.2. The van der Waals surface area contributed by atoms with Crippen molar-refractivity contribution < 1.29 is 4.39 Å². The molecule has 0 unspecified atom stereocenters. The topological polar surface area (TPSA) is 67.1 Å². The highest BCUT2D eigenvalue weighted by Crippen LogP contribution is 2.16. The molecule has 0 spiro atoms. The van der Waals surface area contributed by atoms with E-state index in [1.54, 1.807) is 19.4 Å². The van der Waals surface area contributed by atoms with Crippen LogP contribution in [0.4, 0.5) is 4.39 Å². The van der Waals surface area contributed by atoms with Crippen molar-refractivity contribution in [3.8, 4) is 0 Å². The summed E-state index contributed by atoms with van der Waals surface area (Å²) in [6.07, 6.45) is 3.13. The normalized spacial score (nSPS) is 11.6. The van der Waals surface area contributed by atoms with E-state index in [-0.39, 0.29) is 5.82 Å². The lowest BCUT2D eigenvalue weighted by Gasteiger charge is -2.11. The minimum atomic E-state index is -0.177. The Morgan fingerprint density at radius 1 is 1.39 bits per heavy atom. The van der Waals surface area contributed by atoms with Gasteiger partial charge in [-0.1, -0.05) is 22.0 Å². The molecule has 1 heterocycles. The number of hydrogen-bond donors (Lipinski definition) is 2. The van der Waals surface area contributed by atoms with Crippen molar-refractivity contribution in [3.63, 3.8) is 0 Å². The van der Waals surface area contributed by atoms with Crippen molar-refractivity contribution in [1.29, 1.82) is 0 Å². The molecule has 0 bridgehead atoms. The van der Waals surface area contributed by atoms with Crippen LogP contribution in [0.1, 0.15) is 17.8 Å². The molecule has 0 aliphatic heterocycles. The zero-order valence-corrected chi connectivity index (χ0v) is 14.8. The first-order valence-corrected chi connectivity index (χ1v) is 8.10. The molecule has 23 heavy (non-hydrogen) atoms. The fraction of sp³-hybridized carbons (Fsp3) is 0.400. The van der Waals surface area contributed by atoms with Crippen LogP contribution in [0.15, 0.2) is 34.0 Å². The van der Waals surface area contributed by atoms with Crippen LogP contribution in [-0.2, 0) is 20.0 Å². The monoisotopic (exact) mass is 382 g/mol. The van der Waals surface area contributed by atoms with E-state index in [4.69, 9.17) is 0 Å². The number of nitrogens with one attached hydrogen (secondary N) is 2. The smallest absolute Gasteiger partial charge is 0.191 e. The van der Waals surface area contributed by atoms with Gasteiger partial charge < -0.3 is 15.2 Å². The minimum absolute atomic E-state index is 0.177. The number of aliphatic imine (C=N–C) groups is 1. The standard InChI is InChI=1S/C15H20BrFN6/c1-18-15(20-9-14-22-21-10-23(14)2)19-7-3-4-11-5-6-12(16)8-13(11)17/h5-6,8,10H,3-4,7,9H2,1-2H3,(H2,18,19,20). The number of guanidine groups is 1. The maximum atomic E-state index is 13.7. The van der Waals surface area contributed by atoms with Gasteiger partial charge in [0.15, 0.2) is 11.8 Å². The quantitative estimate of drug-likeness (QED) is 0.455. The lowest BCUT2D eigenvalue weighted by atomic mass is 10.1. The number of aromatic nitrogens is 3. The summed E-state index contributed by atoms with van der Waals surface area (Å²) in [5.41, 5.74) is 0.719. The summed E-state index contributed by atoms with van der Waals surface area (Å²) in [4.78, 5) is 4.15. The van der Waals surface area contributed by atoms with E-state index < -0.39 is 0 Å². The fourth-order valence-corrected chi connectivity index (χ4v) is 2.39. The second-order valence-corrected chi connectivity index (χ2v) is 5.97. The molecule has 0 saturated heterocycles. The first kappa shape index (κ1) is 17.4. The molecule has 0 atom stereocenters. The molecule has 2 rings (SSSR count). The predicted molar refractivity (Wildman–Crippen MR) is 91.6 cm³/mol. The Labute approximate surface area is 143 Å². The van der Waals surface area contributed by atoms with Crippen molar-refractivity contribution in [2.75, 3.05) is 13.6 Å². The van der Waals surface area contributed by atoms with Gasteiger partial charge in [-0.15, -0.1) is 10.2 Å². The molecule has 0 aliphatic rings. The zero-order chi connectivity index (χ0) is 16.7. The summed E-state index contributed by atoms with van der Waals surface area (Å²) in [7, 11) is 3.60. The van der Waals surface area contributed by atoms with E-state index in [1.807, 2.05) is 17.7 Å². The Bertz CT molecular complexity index is 670. The number of halogens is 2. The van der Waals surface area contributed by atoms with Crippen LogP contribution in [0.2, 0.25) is 0 Å². The number of hydrogen-bond acceptors (Lipinski definition) is 3. The number of nitrogens with zero attached hydrogens (tertiary/aromatic N) is 4. The molecule has 0 fully saturated rings. The Balaban J connectivity index is 1.72. The molecular formula is C15H20BrFN6. The van der Waals surface area contributed by atoms with E-state index in [9.17, 15) is 4.39 Å². The van der Waals surface area contributed by atoms with Crippen LogP contribution in [0.3, 0.4) is 0 Å². The average molecular weight is 383 g/mol. The van der Waals surface area contributed by atoms with Crippen LogP contribution in [-0.4, -0.2) is 34.3 Å². The van der Waals surface area contributed by atoms with Crippen molar-refractivity contribution in [3.05, 3.63) is 46.2 Å². The third-order valence-corrected chi connectivity index (χ3v) is 3.87. The van der Waals surface area contributed by atoms with Gasteiger partial charge in [-0.3, -0.25) is 4.99 Å². The van der Waals surface area contributed by atoms with Crippen LogP contribution in [0, 0.1) is 5.82 Å². The third-order valence-electron chi connectivity index (χ3n) is 3.37. The maximum absolute atomic E-state index is 13.7. The third kappa shape index (κ3) is 5.31. The largest absolute Gasteiger partial charge is 0.356 e. The molecule has 0 amide bonds.